The lowest BCUT2D eigenvalue weighted by Crippen LogP contribution is -2.32. The van der Waals surface area contributed by atoms with Crippen LogP contribution in [0.5, 0.6) is 0 Å². The lowest BCUT2D eigenvalue weighted by Gasteiger charge is -2.29. The summed E-state index contributed by atoms with van der Waals surface area (Å²) in [5.41, 5.74) is 0.399. The molecular weight excluding hydrogens is 226 g/mol. The number of thiophene rings is 1. The third-order valence-corrected chi connectivity index (χ3v) is 5.02. The van der Waals surface area contributed by atoms with E-state index in [1.165, 1.54) is 17.7 Å². The number of rotatable bonds is 5. The number of nitrogens with one attached hydrogen (secondary N) is 1. The number of hydrogen-bond acceptors (Lipinski definition) is 2. The molecule has 17 heavy (non-hydrogen) atoms. The highest BCUT2D eigenvalue weighted by atomic mass is 32.1. The van der Waals surface area contributed by atoms with Gasteiger partial charge in [0, 0.05) is 10.9 Å². The summed E-state index contributed by atoms with van der Waals surface area (Å²) in [7, 11) is 0. The molecule has 96 valence electrons. The Labute approximate surface area is 110 Å². The minimum absolute atomic E-state index is 0.399. The SMILES string of the molecule is CC(CNC(c1cccs1)C1CC1)C(C)(C)C. The Morgan fingerprint density at radius 3 is 2.59 bits per heavy atom. The monoisotopic (exact) mass is 251 g/mol. The van der Waals surface area contributed by atoms with Gasteiger partial charge in [0.25, 0.3) is 0 Å². The van der Waals surface area contributed by atoms with Crippen molar-refractivity contribution < 1.29 is 0 Å². The van der Waals surface area contributed by atoms with Crippen molar-refractivity contribution >= 4 is 11.3 Å². The van der Waals surface area contributed by atoms with E-state index in [1.54, 1.807) is 0 Å². The van der Waals surface area contributed by atoms with Gasteiger partial charge in [-0.05, 0) is 48.1 Å². The summed E-state index contributed by atoms with van der Waals surface area (Å²) in [5.74, 6) is 1.60. The average molecular weight is 251 g/mol. The fraction of sp³-hybridized carbons (Fsp3) is 0.733. The van der Waals surface area contributed by atoms with Crippen LogP contribution in [0.1, 0.15) is 51.5 Å². The zero-order chi connectivity index (χ0) is 12.5. The van der Waals surface area contributed by atoms with Crippen molar-refractivity contribution in [3.8, 4) is 0 Å². The van der Waals surface area contributed by atoms with Crippen LogP contribution in [0.3, 0.4) is 0 Å². The van der Waals surface area contributed by atoms with Gasteiger partial charge in [-0.3, -0.25) is 0 Å². The first-order valence-corrected chi connectivity index (χ1v) is 7.63. The van der Waals surface area contributed by atoms with E-state index in [1.807, 2.05) is 11.3 Å². The van der Waals surface area contributed by atoms with Gasteiger partial charge >= 0.3 is 0 Å². The maximum atomic E-state index is 3.80. The lowest BCUT2D eigenvalue weighted by atomic mass is 9.82. The van der Waals surface area contributed by atoms with E-state index >= 15 is 0 Å². The zero-order valence-corrected chi connectivity index (χ0v) is 12.3. The highest BCUT2D eigenvalue weighted by molar-refractivity contribution is 7.10. The largest absolute Gasteiger partial charge is 0.309 e. The molecule has 1 saturated carbocycles. The Morgan fingerprint density at radius 2 is 2.12 bits per heavy atom. The molecule has 2 rings (SSSR count). The number of hydrogen-bond donors (Lipinski definition) is 1. The summed E-state index contributed by atoms with van der Waals surface area (Å²) in [6.45, 7) is 10.5. The Morgan fingerprint density at radius 1 is 1.41 bits per heavy atom. The van der Waals surface area contributed by atoms with E-state index in [-0.39, 0.29) is 0 Å². The summed E-state index contributed by atoms with van der Waals surface area (Å²) in [4.78, 5) is 1.52. The molecule has 1 fully saturated rings. The fourth-order valence-corrected chi connectivity index (χ4v) is 2.90. The highest BCUT2D eigenvalue weighted by Gasteiger charge is 2.33. The molecule has 2 unspecified atom stereocenters. The average Bonchev–Trinajstić information content (AvgIpc) is 2.92. The zero-order valence-electron chi connectivity index (χ0n) is 11.5. The van der Waals surface area contributed by atoms with Crippen LogP contribution < -0.4 is 5.32 Å². The van der Waals surface area contributed by atoms with Crippen molar-refractivity contribution in [2.45, 2.75) is 46.6 Å². The summed E-state index contributed by atoms with van der Waals surface area (Å²) >= 11 is 1.90. The summed E-state index contributed by atoms with van der Waals surface area (Å²) in [5, 5.41) is 5.99. The van der Waals surface area contributed by atoms with Crippen LogP contribution in [-0.2, 0) is 0 Å². The predicted molar refractivity (Wildman–Crippen MR) is 76.4 cm³/mol. The first-order chi connectivity index (χ1) is 7.98. The Hall–Kier alpha value is -0.340. The van der Waals surface area contributed by atoms with Crippen LogP contribution >= 0.6 is 11.3 Å². The van der Waals surface area contributed by atoms with Crippen molar-refractivity contribution in [1.29, 1.82) is 0 Å². The van der Waals surface area contributed by atoms with Crippen molar-refractivity contribution in [3.05, 3.63) is 22.4 Å². The maximum Gasteiger partial charge on any atom is 0.0443 e. The van der Waals surface area contributed by atoms with Gasteiger partial charge in [0.05, 0.1) is 0 Å². The molecule has 0 radical (unpaired) electrons. The van der Waals surface area contributed by atoms with Crippen LogP contribution in [0.4, 0.5) is 0 Å². The molecule has 2 heteroatoms. The van der Waals surface area contributed by atoms with E-state index in [4.69, 9.17) is 0 Å². The van der Waals surface area contributed by atoms with Gasteiger partial charge in [-0.1, -0.05) is 33.8 Å². The molecule has 1 aromatic rings. The molecule has 1 N–H and O–H groups in total. The van der Waals surface area contributed by atoms with Crippen LogP contribution in [0.2, 0.25) is 0 Å². The second-order valence-corrected chi connectivity index (χ2v) is 7.49. The van der Waals surface area contributed by atoms with Crippen LogP contribution in [0, 0.1) is 17.3 Å². The van der Waals surface area contributed by atoms with Crippen molar-refractivity contribution in [3.63, 3.8) is 0 Å². The van der Waals surface area contributed by atoms with Crippen molar-refractivity contribution in [2.75, 3.05) is 6.54 Å². The molecule has 1 aliphatic carbocycles. The highest BCUT2D eigenvalue weighted by Crippen LogP contribution is 2.42. The summed E-state index contributed by atoms with van der Waals surface area (Å²) in [6.07, 6.45) is 2.80. The molecule has 0 aliphatic heterocycles. The first kappa shape index (κ1) is 13.1. The second-order valence-electron chi connectivity index (χ2n) is 6.51. The van der Waals surface area contributed by atoms with E-state index in [2.05, 4.69) is 50.5 Å². The van der Waals surface area contributed by atoms with E-state index in [9.17, 15) is 0 Å². The first-order valence-electron chi connectivity index (χ1n) is 6.75. The topological polar surface area (TPSA) is 12.0 Å². The normalized spacial score (nSPS) is 20.2. The van der Waals surface area contributed by atoms with Crippen LogP contribution in [0.15, 0.2) is 17.5 Å². The van der Waals surface area contributed by atoms with Gasteiger partial charge in [0.15, 0.2) is 0 Å². The molecule has 1 heterocycles. The summed E-state index contributed by atoms with van der Waals surface area (Å²) in [6, 6.07) is 5.06. The smallest absolute Gasteiger partial charge is 0.0443 e. The van der Waals surface area contributed by atoms with Gasteiger partial charge in [-0.2, -0.15) is 0 Å². The third kappa shape index (κ3) is 3.56. The summed E-state index contributed by atoms with van der Waals surface area (Å²) < 4.78 is 0. The Bertz CT molecular complexity index is 332. The molecule has 1 aliphatic rings. The molecule has 1 aromatic heterocycles. The molecule has 0 saturated heterocycles. The van der Waals surface area contributed by atoms with Crippen molar-refractivity contribution in [2.24, 2.45) is 17.3 Å². The third-order valence-electron chi connectivity index (χ3n) is 4.07. The van der Waals surface area contributed by atoms with Gasteiger partial charge in [-0.25, -0.2) is 0 Å². The standard InChI is InChI=1S/C15H25NS/c1-11(15(2,3)4)10-16-14(12-7-8-12)13-6-5-9-17-13/h5-6,9,11-12,14,16H,7-8,10H2,1-4H3. The Balaban J connectivity index is 1.91. The maximum absolute atomic E-state index is 3.80. The van der Waals surface area contributed by atoms with Gasteiger partial charge in [-0.15, -0.1) is 11.3 Å². The molecule has 0 bridgehead atoms. The molecule has 0 spiro atoms. The van der Waals surface area contributed by atoms with E-state index < -0.39 is 0 Å². The minimum Gasteiger partial charge on any atom is -0.309 e. The van der Waals surface area contributed by atoms with E-state index in [0.717, 1.165) is 12.5 Å². The molecule has 0 aromatic carbocycles. The molecule has 2 atom stereocenters. The lowest BCUT2D eigenvalue weighted by molar-refractivity contribution is 0.242. The molecule has 1 nitrogen and oxygen atoms in total. The van der Waals surface area contributed by atoms with Crippen LogP contribution in [-0.4, -0.2) is 6.54 Å². The fourth-order valence-electron chi connectivity index (χ4n) is 2.01. The van der Waals surface area contributed by atoms with E-state index in [0.29, 0.717) is 17.4 Å². The van der Waals surface area contributed by atoms with Crippen LogP contribution in [0.25, 0.3) is 0 Å². The second kappa shape index (κ2) is 5.11. The van der Waals surface area contributed by atoms with Gasteiger partial charge in [0.1, 0.15) is 0 Å². The molecular formula is C15H25NS. The van der Waals surface area contributed by atoms with Crippen molar-refractivity contribution in [1.82, 2.24) is 5.32 Å². The predicted octanol–water partition coefficient (Wildman–Crippen LogP) is 4.47. The molecule has 0 amide bonds. The van der Waals surface area contributed by atoms with Gasteiger partial charge in [0.2, 0.25) is 0 Å². The quantitative estimate of drug-likeness (QED) is 0.814. The van der Waals surface area contributed by atoms with Gasteiger partial charge < -0.3 is 5.32 Å². The Kier molecular flexibility index (Phi) is 3.94. The minimum atomic E-state index is 0.399.